The summed E-state index contributed by atoms with van der Waals surface area (Å²) in [5.74, 6) is 0.686. The number of rotatable bonds is 8. The zero-order valence-corrected chi connectivity index (χ0v) is 21.6. The van der Waals surface area contributed by atoms with Crippen molar-refractivity contribution in [1.82, 2.24) is 4.72 Å². The third-order valence-electron chi connectivity index (χ3n) is 8.09. The van der Waals surface area contributed by atoms with Crippen molar-refractivity contribution in [3.05, 3.63) is 95.6 Å². The molecule has 1 amide bonds. The minimum absolute atomic E-state index is 0.0117. The van der Waals surface area contributed by atoms with Gasteiger partial charge >= 0.3 is 0 Å². The Hall–Kier alpha value is -2.96. The van der Waals surface area contributed by atoms with E-state index < -0.39 is 16.1 Å². The van der Waals surface area contributed by atoms with Gasteiger partial charge in [0.1, 0.15) is 0 Å². The second-order valence-corrected chi connectivity index (χ2v) is 12.2. The van der Waals surface area contributed by atoms with Crippen LogP contribution in [0.5, 0.6) is 0 Å². The summed E-state index contributed by atoms with van der Waals surface area (Å²) in [5, 5.41) is 2.97. The molecular weight excluding hydrogens is 468 g/mol. The van der Waals surface area contributed by atoms with Gasteiger partial charge in [-0.1, -0.05) is 60.2 Å². The van der Waals surface area contributed by atoms with Gasteiger partial charge in [-0.15, -0.1) is 0 Å². The van der Waals surface area contributed by atoms with Gasteiger partial charge in [0.2, 0.25) is 15.9 Å². The van der Waals surface area contributed by atoms with Gasteiger partial charge in [-0.2, -0.15) is 0 Å². The summed E-state index contributed by atoms with van der Waals surface area (Å²) in [6.07, 6.45) is 7.78. The van der Waals surface area contributed by atoms with Crippen LogP contribution in [0, 0.1) is 12.8 Å². The van der Waals surface area contributed by atoms with Crippen LogP contribution >= 0.6 is 0 Å². The first kappa shape index (κ1) is 24.7. The molecule has 0 radical (unpaired) electrons. The number of carbonyl (C=O) groups excluding carboxylic acids is 1. The molecule has 6 rings (SSSR count). The van der Waals surface area contributed by atoms with Crippen molar-refractivity contribution in [3.63, 3.8) is 0 Å². The van der Waals surface area contributed by atoms with E-state index >= 15 is 0 Å². The van der Waals surface area contributed by atoms with Crippen molar-refractivity contribution in [3.8, 4) is 0 Å². The van der Waals surface area contributed by atoms with Crippen LogP contribution in [0.15, 0.2) is 83.8 Å². The van der Waals surface area contributed by atoms with Crippen molar-refractivity contribution in [2.24, 2.45) is 5.92 Å². The molecule has 3 aliphatic carbocycles. The van der Waals surface area contributed by atoms with Gasteiger partial charge in [-0.05, 0) is 92.2 Å². The summed E-state index contributed by atoms with van der Waals surface area (Å²) < 4.78 is 28.9. The summed E-state index contributed by atoms with van der Waals surface area (Å²) in [7, 11) is -3.80. The molecule has 3 aromatic carbocycles. The molecular formula is C30H34N2O3S. The van der Waals surface area contributed by atoms with Crippen molar-refractivity contribution in [2.75, 3.05) is 5.32 Å². The zero-order chi connectivity index (χ0) is 25.2. The quantitative estimate of drug-likeness (QED) is 0.381. The third kappa shape index (κ3) is 5.40. The average molecular weight is 503 g/mol. The lowest BCUT2D eigenvalue weighted by atomic mass is 9.58. The van der Waals surface area contributed by atoms with Gasteiger partial charge in [0, 0.05) is 12.1 Å². The number of sulfonamides is 1. The Morgan fingerprint density at radius 3 is 2.11 bits per heavy atom. The molecule has 5 nitrogen and oxygen atoms in total. The molecule has 3 aliphatic rings. The molecule has 0 spiro atoms. The molecule has 3 aromatic rings. The van der Waals surface area contributed by atoms with Gasteiger partial charge in [0.15, 0.2) is 0 Å². The normalized spacial score (nSPS) is 22.2. The lowest BCUT2D eigenvalue weighted by Gasteiger charge is -2.47. The van der Waals surface area contributed by atoms with Gasteiger partial charge in [0.25, 0.3) is 0 Å². The van der Waals surface area contributed by atoms with E-state index in [0.717, 1.165) is 22.7 Å². The zero-order valence-electron chi connectivity index (χ0n) is 20.7. The lowest BCUT2D eigenvalue weighted by molar-refractivity contribution is -0.116. The second-order valence-electron chi connectivity index (χ2n) is 10.5. The number of anilines is 1. The standard InChI is InChI=1S/C30H34N2O3S/c1-22-7-13-27(14-8-22)36(34,35)32-28(24-5-3-2-4-6-24)21-29(33)31-26-11-9-25(10-12-26)30-18-15-23(16-19-30)17-20-30/h2-14,23,28,32H,15-21H2,1H3,(H,31,33)/t23?,28-,30?/m0/s1. The smallest absolute Gasteiger partial charge is 0.241 e. The van der Waals surface area contributed by atoms with E-state index in [0.29, 0.717) is 5.41 Å². The lowest BCUT2D eigenvalue weighted by Crippen LogP contribution is -2.37. The molecule has 0 heterocycles. The third-order valence-corrected chi connectivity index (χ3v) is 9.58. The maximum atomic E-state index is 13.1. The molecule has 6 heteroatoms. The first-order valence-electron chi connectivity index (χ1n) is 12.9. The van der Waals surface area contributed by atoms with Crippen molar-refractivity contribution < 1.29 is 13.2 Å². The number of nitrogens with one attached hydrogen (secondary N) is 2. The number of fused-ring (bicyclic) bond motifs is 3. The molecule has 1 atom stereocenters. The average Bonchev–Trinajstić information content (AvgIpc) is 2.90. The van der Waals surface area contributed by atoms with Crippen LogP contribution in [-0.4, -0.2) is 14.3 Å². The van der Waals surface area contributed by atoms with E-state index in [-0.39, 0.29) is 17.2 Å². The largest absolute Gasteiger partial charge is 0.326 e. The Morgan fingerprint density at radius 1 is 0.889 bits per heavy atom. The predicted molar refractivity (Wildman–Crippen MR) is 143 cm³/mol. The van der Waals surface area contributed by atoms with Gasteiger partial charge in [0.05, 0.1) is 10.9 Å². The summed E-state index contributed by atoms with van der Waals surface area (Å²) in [6.45, 7) is 1.91. The molecule has 188 valence electrons. The molecule has 36 heavy (non-hydrogen) atoms. The molecule has 0 unspecified atom stereocenters. The van der Waals surface area contributed by atoms with E-state index in [1.165, 1.54) is 44.1 Å². The molecule has 3 saturated carbocycles. The summed E-state index contributed by atoms with van der Waals surface area (Å²) in [4.78, 5) is 13.2. The van der Waals surface area contributed by atoms with Gasteiger partial charge in [-0.25, -0.2) is 13.1 Å². The maximum absolute atomic E-state index is 13.1. The first-order chi connectivity index (χ1) is 17.3. The fraction of sp³-hybridized carbons (Fsp3) is 0.367. The number of amides is 1. The summed E-state index contributed by atoms with van der Waals surface area (Å²) in [6, 6.07) is 23.5. The van der Waals surface area contributed by atoms with Crippen LogP contribution in [0.2, 0.25) is 0 Å². The van der Waals surface area contributed by atoms with Crippen molar-refractivity contribution in [2.45, 2.75) is 68.2 Å². The van der Waals surface area contributed by atoms with E-state index in [1.54, 1.807) is 24.3 Å². The molecule has 0 aromatic heterocycles. The van der Waals surface area contributed by atoms with E-state index in [2.05, 4.69) is 22.2 Å². The fourth-order valence-corrected chi connectivity index (χ4v) is 7.10. The number of hydrogen-bond donors (Lipinski definition) is 2. The summed E-state index contributed by atoms with van der Waals surface area (Å²) in [5.41, 5.74) is 4.15. The van der Waals surface area contributed by atoms with E-state index in [9.17, 15) is 13.2 Å². The Balaban J connectivity index is 1.29. The second kappa shape index (κ2) is 10.2. The molecule has 3 fully saturated rings. The minimum Gasteiger partial charge on any atom is -0.326 e. The SMILES string of the molecule is Cc1ccc(S(=O)(=O)N[C@@H](CC(=O)Nc2ccc(C34CCC(CC3)CC4)cc2)c2ccccc2)cc1. The molecule has 0 saturated heterocycles. The maximum Gasteiger partial charge on any atom is 0.241 e. The van der Waals surface area contributed by atoms with Crippen LogP contribution in [0.3, 0.4) is 0 Å². The van der Waals surface area contributed by atoms with Gasteiger partial charge in [-0.3, -0.25) is 4.79 Å². The van der Waals surface area contributed by atoms with Crippen molar-refractivity contribution >= 4 is 21.6 Å². The highest BCUT2D eigenvalue weighted by molar-refractivity contribution is 7.89. The van der Waals surface area contributed by atoms with Gasteiger partial charge < -0.3 is 5.32 Å². The van der Waals surface area contributed by atoms with Crippen LogP contribution in [-0.2, 0) is 20.2 Å². The predicted octanol–water partition coefficient (Wildman–Crippen LogP) is 6.27. The highest BCUT2D eigenvalue weighted by Crippen LogP contribution is 2.51. The Labute approximate surface area is 214 Å². The molecule has 2 bridgehead atoms. The Kier molecular flexibility index (Phi) is 7.00. The number of hydrogen-bond acceptors (Lipinski definition) is 3. The highest BCUT2D eigenvalue weighted by atomic mass is 32.2. The van der Waals surface area contributed by atoms with Crippen LogP contribution in [0.4, 0.5) is 5.69 Å². The number of benzene rings is 3. The Bertz CT molecular complexity index is 1280. The van der Waals surface area contributed by atoms with Crippen LogP contribution in [0.25, 0.3) is 0 Å². The van der Waals surface area contributed by atoms with Crippen LogP contribution in [0.1, 0.15) is 67.7 Å². The molecule has 2 N–H and O–H groups in total. The summed E-state index contributed by atoms with van der Waals surface area (Å²) >= 11 is 0. The molecule has 0 aliphatic heterocycles. The minimum atomic E-state index is -3.80. The number of aryl methyl sites for hydroxylation is 1. The topological polar surface area (TPSA) is 75.3 Å². The van der Waals surface area contributed by atoms with E-state index in [4.69, 9.17) is 0 Å². The number of carbonyl (C=O) groups is 1. The first-order valence-corrected chi connectivity index (χ1v) is 14.4. The highest BCUT2D eigenvalue weighted by Gasteiger charge is 2.41. The monoisotopic (exact) mass is 502 g/mol. The van der Waals surface area contributed by atoms with Crippen LogP contribution < -0.4 is 10.0 Å². The Morgan fingerprint density at radius 2 is 1.50 bits per heavy atom. The van der Waals surface area contributed by atoms with Crippen molar-refractivity contribution in [1.29, 1.82) is 0 Å². The fourth-order valence-electron chi connectivity index (χ4n) is 5.87. The van der Waals surface area contributed by atoms with E-state index in [1.807, 2.05) is 49.4 Å².